The summed E-state index contributed by atoms with van der Waals surface area (Å²) < 4.78 is 1.92. The van der Waals surface area contributed by atoms with Gasteiger partial charge < -0.3 is 9.30 Å². The van der Waals surface area contributed by atoms with Crippen LogP contribution >= 0.6 is 11.6 Å². The van der Waals surface area contributed by atoms with Gasteiger partial charge in [0.25, 0.3) is 5.69 Å². The SMILES string of the molecule is CC(=O)c1ccc(N2CCCN(Cc3cn4cc(Cl)ccc4n3)CC2)c([N+](=O)[O-])c1. The van der Waals surface area contributed by atoms with E-state index >= 15 is 0 Å². The lowest BCUT2D eigenvalue weighted by Gasteiger charge is -2.23. The van der Waals surface area contributed by atoms with Crippen LogP contribution in [0.1, 0.15) is 29.4 Å². The van der Waals surface area contributed by atoms with Crippen LogP contribution in [0.5, 0.6) is 0 Å². The number of halogens is 1. The molecule has 0 unspecified atom stereocenters. The summed E-state index contributed by atoms with van der Waals surface area (Å²) in [6.45, 7) is 5.15. The van der Waals surface area contributed by atoms with Crippen LogP contribution in [0, 0.1) is 10.1 Å². The summed E-state index contributed by atoms with van der Waals surface area (Å²) in [7, 11) is 0. The summed E-state index contributed by atoms with van der Waals surface area (Å²) in [6.07, 6.45) is 4.70. The number of nitrogens with zero attached hydrogens (tertiary/aromatic N) is 5. The van der Waals surface area contributed by atoms with Gasteiger partial charge in [0.15, 0.2) is 5.78 Å². The second kappa shape index (κ2) is 8.41. The maximum atomic E-state index is 11.6. The fourth-order valence-electron chi connectivity index (χ4n) is 3.85. The van der Waals surface area contributed by atoms with E-state index in [2.05, 4.69) is 9.88 Å². The molecule has 0 amide bonds. The second-order valence-electron chi connectivity index (χ2n) is 7.48. The largest absolute Gasteiger partial charge is 0.365 e. The molecule has 0 bridgehead atoms. The molecule has 1 aliphatic rings. The smallest absolute Gasteiger partial charge is 0.293 e. The van der Waals surface area contributed by atoms with E-state index in [1.54, 1.807) is 12.1 Å². The van der Waals surface area contributed by atoms with Gasteiger partial charge in [-0.2, -0.15) is 0 Å². The molecule has 3 heterocycles. The van der Waals surface area contributed by atoms with Gasteiger partial charge in [0.2, 0.25) is 0 Å². The van der Waals surface area contributed by atoms with E-state index in [-0.39, 0.29) is 11.5 Å². The van der Waals surface area contributed by atoms with Crippen LogP contribution < -0.4 is 4.90 Å². The van der Waals surface area contributed by atoms with Crippen LogP contribution in [0.3, 0.4) is 0 Å². The number of imidazole rings is 1. The number of nitro benzene ring substituents is 1. The monoisotopic (exact) mass is 427 g/mol. The van der Waals surface area contributed by atoms with Crippen molar-refractivity contribution in [2.24, 2.45) is 0 Å². The molecule has 1 aromatic carbocycles. The first-order valence-corrected chi connectivity index (χ1v) is 10.2. The molecule has 8 nitrogen and oxygen atoms in total. The van der Waals surface area contributed by atoms with Crippen molar-refractivity contribution in [3.05, 3.63) is 69.1 Å². The number of ketones is 1. The van der Waals surface area contributed by atoms with Crippen molar-refractivity contribution in [3.8, 4) is 0 Å². The van der Waals surface area contributed by atoms with Crippen LogP contribution in [-0.2, 0) is 6.54 Å². The number of pyridine rings is 1. The Morgan fingerprint density at radius 3 is 2.77 bits per heavy atom. The first kappa shape index (κ1) is 20.3. The predicted molar refractivity (Wildman–Crippen MR) is 115 cm³/mol. The molecule has 9 heteroatoms. The number of Topliss-reactive ketones (excluding diaryl/α,β-unsaturated/α-hetero) is 1. The molecule has 30 heavy (non-hydrogen) atoms. The molecule has 0 saturated carbocycles. The quantitative estimate of drug-likeness (QED) is 0.349. The van der Waals surface area contributed by atoms with Crippen molar-refractivity contribution < 1.29 is 9.72 Å². The molecule has 1 aliphatic heterocycles. The van der Waals surface area contributed by atoms with E-state index in [0.717, 1.165) is 37.4 Å². The molecule has 156 valence electrons. The zero-order valence-electron chi connectivity index (χ0n) is 16.6. The van der Waals surface area contributed by atoms with E-state index in [1.807, 2.05) is 33.8 Å². The highest BCUT2D eigenvalue weighted by molar-refractivity contribution is 6.30. The molecular weight excluding hydrogens is 406 g/mol. The third-order valence-electron chi connectivity index (χ3n) is 5.36. The summed E-state index contributed by atoms with van der Waals surface area (Å²) >= 11 is 6.05. The predicted octanol–water partition coefficient (Wildman–Crippen LogP) is 3.81. The number of carbonyl (C=O) groups excluding carboxylic acids is 1. The van der Waals surface area contributed by atoms with Crippen molar-refractivity contribution in [3.63, 3.8) is 0 Å². The number of benzene rings is 1. The van der Waals surface area contributed by atoms with Crippen LogP contribution in [-0.4, -0.2) is 51.2 Å². The minimum absolute atomic E-state index is 0.0200. The summed E-state index contributed by atoms with van der Waals surface area (Å²) in [4.78, 5) is 31.8. The minimum atomic E-state index is -0.410. The summed E-state index contributed by atoms with van der Waals surface area (Å²) in [5.41, 5.74) is 2.71. The van der Waals surface area contributed by atoms with Gasteiger partial charge in [-0.15, -0.1) is 0 Å². The zero-order valence-corrected chi connectivity index (χ0v) is 17.4. The van der Waals surface area contributed by atoms with Gasteiger partial charge >= 0.3 is 0 Å². The molecule has 1 saturated heterocycles. The minimum Gasteiger partial charge on any atom is -0.365 e. The van der Waals surface area contributed by atoms with Crippen molar-refractivity contribution in [2.75, 3.05) is 31.1 Å². The van der Waals surface area contributed by atoms with Gasteiger partial charge in [-0.1, -0.05) is 11.6 Å². The van der Waals surface area contributed by atoms with Crippen LogP contribution in [0.4, 0.5) is 11.4 Å². The van der Waals surface area contributed by atoms with Gasteiger partial charge in [-0.05, 0) is 37.6 Å². The number of nitro groups is 1. The summed E-state index contributed by atoms with van der Waals surface area (Å²) in [5.74, 6) is -0.180. The molecule has 0 N–H and O–H groups in total. The lowest BCUT2D eigenvalue weighted by atomic mass is 10.1. The highest BCUT2D eigenvalue weighted by Crippen LogP contribution is 2.30. The Bertz CT molecular complexity index is 1110. The molecule has 2 aromatic heterocycles. The van der Waals surface area contributed by atoms with Crippen molar-refractivity contribution in [1.29, 1.82) is 0 Å². The molecule has 3 aromatic rings. The lowest BCUT2D eigenvalue weighted by Crippen LogP contribution is -2.31. The van der Waals surface area contributed by atoms with Crippen molar-refractivity contribution >= 4 is 34.4 Å². The van der Waals surface area contributed by atoms with Crippen LogP contribution in [0.25, 0.3) is 5.65 Å². The van der Waals surface area contributed by atoms with Gasteiger partial charge in [0.05, 0.1) is 15.6 Å². The van der Waals surface area contributed by atoms with E-state index in [1.165, 1.54) is 13.0 Å². The van der Waals surface area contributed by atoms with E-state index in [4.69, 9.17) is 11.6 Å². The molecular formula is C21H22ClN5O3. The molecule has 0 atom stereocenters. The van der Waals surface area contributed by atoms with Gasteiger partial charge in [-0.3, -0.25) is 19.8 Å². The maximum absolute atomic E-state index is 11.6. The molecule has 0 spiro atoms. The number of rotatable bonds is 5. The average molecular weight is 428 g/mol. The fourth-order valence-corrected chi connectivity index (χ4v) is 4.02. The Hall–Kier alpha value is -2.97. The normalized spacial score (nSPS) is 15.3. The van der Waals surface area contributed by atoms with Crippen molar-refractivity contribution in [1.82, 2.24) is 14.3 Å². The van der Waals surface area contributed by atoms with Gasteiger partial charge in [0, 0.05) is 56.7 Å². The third kappa shape index (κ3) is 4.29. The number of hydrogen-bond donors (Lipinski definition) is 0. The number of aromatic nitrogens is 2. The second-order valence-corrected chi connectivity index (χ2v) is 7.92. The first-order chi connectivity index (χ1) is 14.4. The highest BCUT2D eigenvalue weighted by Gasteiger charge is 2.23. The average Bonchev–Trinajstić information content (AvgIpc) is 2.95. The van der Waals surface area contributed by atoms with Crippen LogP contribution in [0.15, 0.2) is 42.7 Å². The number of fused-ring (bicyclic) bond motifs is 1. The summed E-state index contributed by atoms with van der Waals surface area (Å²) in [5, 5.41) is 12.2. The van der Waals surface area contributed by atoms with E-state index in [0.29, 0.717) is 29.4 Å². The molecule has 4 rings (SSSR count). The highest BCUT2D eigenvalue weighted by atomic mass is 35.5. The zero-order chi connectivity index (χ0) is 21.3. The maximum Gasteiger partial charge on any atom is 0.293 e. The third-order valence-corrected chi connectivity index (χ3v) is 5.58. The van der Waals surface area contributed by atoms with Crippen molar-refractivity contribution in [2.45, 2.75) is 19.9 Å². The van der Waals surface area contributed by atoms with E-state index < -0.39 is 4.92 Å². The first-order valence-electron chi connectivity index (χ1n) is 9.80. The Morgan fingerprint density at radius 1 is 1.17 bits per heavy atom. The molecule has 1 fully saturated rings. The van der Waals surface area contributed by atoms with E-state index in [9.17, 15) is 14.9 Å². The van der Waals surface area contributed by atoms with Gasteiger partial charge in [0.1, 0.15) is 11.3 Å². The Kier molecular flexibility index (Phi) is 5.69. The molecule has 0 aliphatic carbocycles. The van der Waals surface area contributed by atoms with Crippen LogP contribution in [0.2, 0.25) is 5.02 Å². The Labute approximate surface area is 178 Å². The van der Waals surface area contributed by atoms with Gasteiger partial charge in [-0.25, -0.2) is 4.98 Å². The lowest BCUT2D eigenvalue weighted by molar-refractivity contribution is -0.384. The molecule has 0 radical (unpaired) electrons. The topological polar surface area (TPSA) is 84.0 Å². The fraction of sp³-hybridized carbons (Fsp3) is 0.333. The summed E-state index contributed by atoms with van der Waals surface area (Å²) in [6, 6.07) is 8.44. The Balaban J connectivity index is 1.48. The number of carbonyl (C=O) groups is 1. The number of hydrogen-bond acceptors (Lipinski definition) is 6. The number of anilines is 1. The standard InChI is InChI=1S/C21H22ClN5O3/c1-15(28)16-3-5-19(20(11-16)27(29)30)25-8-2-7-24(9-10-25)13-18-14-26-12-17(22)4-6-21(26)23-18/h3-6,11-12,14H,2,7-10,13H2,1H3. The Morgan fingerprint density at radius 2 is 2.00 bits per heavy atom.